The second-order valence-corrected chi connectivity index (χ2v) is 27.6. The van der Waals surface area contributed by atoms with Crippen LogP contribution in [-0.2, 0) is 20.1 Å². The zero-order valence-corrected chi connectivity index (χ0v) is 39.8. The van der Waals surface area contributed by atoms with Crippen molar-refractivity contribution in [2.45, 2.75) is 70.6 Å². The van der Waals surface area contributed by atoms with E-state index in [0.717, 1.165) is 61.3 Å². The van der Waals surface area contributed by atoms with E-state index in [9.17, 15) is 0 Å². The van der Waals surface area contributed by atoms with Crippen molar-refractivity contribution in [3.05, 3.63) is 162 Å². The zero-order chi connectivity index (χ0) is 40.7. The Hall–Kier alpha value is -5.14. The first-order valence-electron chi connectivity index (χ1n) is 20.2. The molecule has 59 heavy (non-hydrogen) atoms. The third-order valence-corrected chi connectivity index (χ3v) is 15.2. The Morgan fingerprint density at radius 1 is 0.712 bits per heavy atom. The molecular formula is C52H50GeIrN4O-2. The van der Waals surface area contributed by atoms with E-state index in [0.29, 0.717) is 0 Å². The Balaban J connectivity index is 0.000000247. The number of furan rings is 1. The molecule has 0 unspecified atom stereocenters. The van der Waals surface area contributed by atoms with Gasteiger partial charge in [0, 0.05) is 32.0 Å². The van der Waals surface area contributed by atoms with Gasteiger partial charge in [0.25, 0.3) is 0 Å². The number of rotatable bonds is 7. The third kappa shape index (κ3) is 8.36. The van der Waals surface area contributed by atoms with Crippen LogP contribution in [0.1, 0.15) is 61.8 Å². The minimum absolute atomic E-state index is 0. The molecule has 0 saturated heterocycles. The summed E-state index contributed by atoms with van der Waals surface area (Å²) in [6, 6.07) is 47.1. The van der Waals surface area contributed by atoms with Crippen LogP contribution in [0.15, 0.2) is 132 Å². The summed E-state index contributed by atoms with van der Waals surface area (Å²) in [4.78, 5) is 14.5. The van der Waals surface area contributed by atoms with Gasteiger partial charge in [-0.25, -0.2) is 0 Å². The standard InChI is InChI=1S/C37H32N3O.C15H18GeN.Ir/c1-22(2)28-20-26(25-12-7-6-8-13-25)21-29(23(3)4)35(28)40-31-15-10-9-14-30(31)39-37(40)27-18-17-24(5)33-34-32(41-36(27)33)16-11-19-38-34;1-12-5-7-13(8-6-12)15-10-9-14(11-17-15)16(2,3)4;/h6-17,19-23H,1-5H3;5-7,9-11H,1-4H3;/q2*-1;. The van der Waals surface area contributed by atoms with Gasteiger partial charge in [-0.15, -0.1) is 17.7 Å². The fraction of sp³-hybridized carbons (Fsp3) is 0.212. The fourth-order valence-corrected chi connectivity index (χ4v) is 9.82. The molecule has 0 fully saturated rings. The van der Waals surface area contributed by atoms with Crippen molar-refractivity contribution in [1.29, 1.82) is 0 Å². The number of nitrogens with zero attached hydrogens (tertiary/aromatic N) is 4. The van der Waals surface area contributed by atoms with E-state index in [2.05, 4.69) is 170 Å². The molecule has 9 aromatic rings. The number of hydrogen-bond donors (Lipinski definition) is 0. The predicted octanol–water partition coefficient (Wildman–Crippen LogP) is 13.4. The minimum atomic E-state index is -1.73. The topological polar surface area (TPSA) is 56.7 Å². The van der Waals surface area contributed by atoms with Gasteiger partial charge in [-0.3, -0.25) is 9.97 Å². The normalized spacial score (nSPS) is 11.6. The van der Waals surface area contributed by atoms with Crippen LogP contribution < -0.4 is 4.40 Å². The number of aryl methyl sites for hydroxylation is 2. The van der Waals surface area contributed by atoms with Crippen LogP contribution in [0.2, 0.25) is 17.3 Å². The molecule has 1 radical (unpaired) electrons. The molecule has 0 N–H and O–H groups in total. The largest absolute Gasteiger partial charge is 0.499 e. The van der Waals surface area contributed by atoms with Crippen LogP contribution in [0.5, 0.6) is 0 Å². The monoisotopic (exact) mass is 1010 g/mol. The van der Waals surface area contributed by atoms with Gasteiger partial charge in [0.2, 0.25) is 0 Å². The molecule has 0 amide bonds. The van der Waals surface area contributed by atoms with Crippen LogP contribution in [0.25, 0.3) is 72.6 Å². The molecule has 9 rings (SSSR count). The zero-order valence-electron chi connectivity index (χ0n) is 35.3. The van der Waals surface area contributed by atoms with Gasteiger partial charge in [0.05, 0.1) is 28.0 Å². The molecule has 0 aliphatic heterocycles. The minimum Gasteiger partial charge on any atom is -0.499 e. The van der Waals surface area contributed by atoms with Crippen molar-refractivity contribution in [2.24, 2.45) is 0 Å². The molecule has 0 aliphatic carbocycles. The molecule has 7 heteroatoms. The van der Waals surface area contributed by atoms with E-state index < -0.39 is 13.3 Å². The van der Waals surface area contributed by atoms with Gasteiger partial charge in [0.1, 0.15) is 5.58 Å². The van der Waals surface area contributed by atoms with Gasteiger partial charge < -0.3 is 8.98 Å². The van der Waals surface area contributed by atoms with Gasteiger partial charge in [-0.2, -0.15) is 0 Å². The van der Waals surface area contributed by atoms with Gasteiger partial charge in [-0.05, 0) is 75.9 Å². The molecule has 5 aromatic carbocycles. The Labute approximate surface area is 364 Å². The van der Waals surface area contributed by atoms with Gasteiger partial charge in [-0.1, -0.05) is 82.6 Å². The molecule has 0 bridgehead atoms. The summed E-state index contributed by atoms with van der Waals surface area (Å²) in [5.41, 5.74) is 15.9. The van der Waals surface area contributed by atoms with E-state index in [-0.39, 0.29) is 31.9 Å². The molecule has 0 aliphatic rings. The van der Waals surface area contributed by atoms with Crippen molar-refractivity contribution >= 4 is 50.8 Å². The van der Waals surface area contributed by atoms with Crippen molar-refractivity contribution in [2.75, 3.05) is 0 Å². The molecule has 0 atom stereocenters. The maximum atomic E-state index is 6.49. The Morgan fingerprint density at radius 3 is 2.07 bits per heavy atom. The van der Waals surface area contributed by atoms with Crippen molar-refractivity contribution < 1.29 is 24.5 Å². The number of fused-ring (bicyclic) bond motifs is 4. The molecule has 4 aromatic heterocycles. The van der Waals surface area contributed by atoms with Crippen LogP contribution in [-0.4, -0.2) is 32.8 Å². The van der Waals surface area contributed by atoms with E-state index in [1.165, 1.54) is 37.9 Å². The van der Waals surface area contributed by atoms with E-state index >= 15 is 0 Å². The first kappa shape index (κ1) is 42.0. The quantitative estimate of drug-likeness (QED) is 0.118. The molecule has 0 spiro atoms. The maximum Gasteiger partial charge on any atom is 0.139 e. The Bertz CT molecular complexity index is 2860. The molecule has 0 saturated carbocycles. The summed E-state index contributed by atoms with van der Waals surface area (Å²) in [5, 5.41) is 1.01. The number of imidazole rings is 1. The van der Waals surface area contributed by atoms with Crippen LogP contribution in [0.3, 0.4) is 0 Å². The average Bonchev–Trinajstić information content (AvgIpc) is 3.81. The smallest absolute Gasteiger partial charge is 0.139 e. The Morgan fingerprint density at radius 2 is 1.42 bits per heavy atom. The number of hydrogen-bond acceptors (Lipinski definition) is 4. The third-order valence-electron chi connectivity index (χ3n) is 10.9. The van der Waals surface area contributed by atoms with Crippen molar-refractivity contribution in [3.63, 3.8) is 0 Å². The van der Waals surface area contributed by atoms with Crippen LogP contribution in [0, 0.1) is 26.0 Å². The maximum absolute atomic E-state index is 6.49. The Kier molecular flexibility index (Phi) is 12.3. The first-order chi connectivity index (χ1) is 27.9. The molecule has 4 heterocycles. The SMILES string of the molecule is Cc1c[c-]c(-c2cc[c]([Ge]([CH3])([CH3])[CH3])cn2)cc1.Cc1c[c-]c(-c2nc3ccccc3n2-c2c(C(C)C)cc(-c3ccccc3)cc2C(C)C)c2oc3cccnc3c12.[Ir]. The fourth-order valence-electron chi connectivity index (χ4n) is 7.65. The van der Waals surface area contributed by atoms with Crippen LogP contribution >= 0.6 is 0 Å². The van der Waals surface area contributed by atoms with E-state index in [1.54, 1.807) is 0 Å². The van der Waals surface area contributed by atoms with E-state index in [4.69, 9.17) is 9.40 Å². The summed E-state index contributed by atoms with van der Waals surface area (Å²) in [7, 11) is 0. The molecule has 299 valence electrons. The average molecular weight is 1010 g/mol. The number of benzene rings is 5. The first-order valence-corrected chi connectivity index (χ1v) is 27.6. The number of pyridine rings is 2. The predicted molar refractivity (Wildman–Crippen MR) is 245 cm³/mol. The molecular weight excluding hydrogens is 961 g/mol. The number of aromatic nitrogens is 4. The van der Waals surface area contributed by atoms with Crippen molar-refractivity contribution in [1.82, 2.24) is 19.5 Å². The molecule has 5 nitrogen and oxygen atoms in total. The van der Waals surface area contributed by atoms with Crippen molar-refractivity contribution in [3.8, 4) is 39.5 Å². The van der Waals surface area contributed by atoms with E-state index in [1.807, 2.05) is 42.7 Å². The summed E-state index contributed by atoms with van der Waals surface area (Å²) < 4.78 is 10.3. The van der Waals surface area contributed by atoms with Gasteiger partial charge in [0.15, 0.2) is 0 Å². The van der Waals surface area contributed by atoms with Gasteiger partial charge >= 0.3 is 106 Å². The van der Waals surface area contributed by atoms with Crippen LogP contribution in [0.4, 0.5) is 0 Å². The summed E-state index contributed by atoms with van der Waals surface area (Å²) >= 11 is -1.73. The summed E-state index contributed by atoms with van der Waals surface area (Å²) in [5.74, 6) is 8.56. The summed E-state index contributed by atoms with van der Waals surface area (Å²) in [6.45, 7) is 13.3. The number of para-hydroxylation sites is 2. The summed E-state index contributed by atoms with van der Waals surface area (Å²) in [6.07, 6.45) is 3.86. The second-order valence-electron chi connectivity index (χ2n) is 16.9. The second kappa shape index (κ2) is 17.2.